The van der Waals surface area contributed by atoms with Gasteiger partial charge in [-0.25, -0.2) is 0 Å². The second-order valence-corrected chi connectivity index (χ2v) is 11.6. The molecule has 2 aliphatic rings. The molecule has 2 heterocycles. The molecule has 2 aliphatic carbocycles. The van der Waals surface area contributed by atoms with E-state index in [1.165, 1.54) is 40.0 Å². The topological polar surface area (TPSA) is 46.9 Å². The van der Waals surface area contributed by atoms with Crippen LogP contribution in [0.2, 0.25) is 0 Å². The molecule has 0 spiro atoms. The van der Waals surface area contributed by atoms with Crippen molar-refractivity contribution in [1.82, 2.24) is 15.1 Å². The molecule has 1 saturated carbocycles. The Labute approximate surface area is 201 Å². The lowest BCUT2D eigenvalue weighted by Gasteiger charge is -2.37. The third-order valence-corrected chi connectivity index (χ3v) is 8.79. The molecule has 1 fully saturated rings. The number of rotatable bonds is 5. The van der Waals surface area contributed by atoms with Crippen LogP contribution in [0, 0.1) is 31.6 Å². The van der Waals surface area contributed by atoms with Gasteiger partial charge in [-0.1, -0.05) is 57.0 Å². The zero-order valence-corrected chi connectivity index (χ0v) is 21.3. The summed E-state index contributed by atoms with van der Waals surface area (Å²) in [6.07, 6.45) is 4.33. The summed E-state index contributed by atoms with van der Waals surface area (Å²) < 4.78 is 2.07. The van der Waals surface area contributed by atoms with Gasteiger partial charge in [-0.2, -0.15) is 5.10 Å². The molecule has 3 aromatic rings. The number of carbonyl (C=O) groups is 1. The predicted molar refractivity (Wildman–Crippen MR) is 136 cm³/mol. The van der Waals surface area contributed by atoms with Gasteiger partial charge < -0.3 is 5.32 Å². The number of thiophene rings is 1. The normalized spacial score (nSPS) is 21.8. The molecule has 1 amide bonds. The molecule has 1 N–H and O–H groups in total. The Balaban J connectivity index is 1.49. The van der Waals surface area contributed by atoms with Crippen LogP contribution in [0.1, 0.15) is 77.7 Å². The van der Waals surface area contributed by atoms with E-state index in [0.717, 1.165) is 24.1 Å². The van der Waals surface area contributed by atoms with Gasteiger partial charge in [0.25, 0.3) is 5.91 Å². The zero-order chi connectivity index (χ0) is 23.3. The van der Waals surface area contributed by atoms with E-state index < -0.39 is 0 Å². The van der Waals surface area contributed by atoms with Crippen LogP contribution in [-0.4, -0.2) is 21.7 Å². The number of aryl methyl sites for hydroxylation is 2. The Morgan fingerprint density at radius 3 is 2.70 bits per heavy atom. The fourth-order valence-corrected chi connectivity index (χ4v) is 6.86. The van der Waals surface area contributed by atoms with Crippen LogP contribution in [0.15, 0.2) is 29.6 Å². The lowest BCUT2D eigenvalue weighted by atomic mass is 9.74. The van der Waals surface area contributed by atoms with Gasteiger partial charge in [0.1, 0.15) is 0 Å². The van der Waals surface area contributed by atoms with E-state index in [1.807, 2.05) is 0 Å². The van der Waals surface area contributed by atoms with Crippen LogP contribution >= 0.6 is 11.3 Å². The first-order chi connectivity index (χ1) is 15.8. The summed E-state index contributed by atoms with van der Waals surface area (Å²) in [7, 11) is 0. The van der Waals surface area contributed by atoms with Crippen LogP contribution in [-0.2, 0) is 13.0 Å². The number of hydrogen-bond donors (Lipinski definition) is 1. The fraction of sp³-hybridized carbons (Fsp3) is 0.500. The van der Waals surface area contributed by atoms with Crippen molar-refractivity contribution < 1.29 is 4.79 Å². The standard InChI is InChI=1S/C28H35N3OS/c1-16(2)21-11-8-18(4)12-23(21)29-28(32)26-22-13-24-25(19(5)15-33-24)27(22)31(30-26)14-20-9-6-17(3)7-10-20/h6-7,9-10,15-16,18,21,23H,8,11-14H2,1-5H3,(H,29,32)/t18-,21+,23?/m0/s1. The van der Waals surface area contributed by atoms with Crippen molar-refractivity contribution in [2.45, 2.75) is 72.9 Å². The van der Waals surface area contributed by atoms with Crippen molar-refractivity contribution in [3.63, 3.8) is 0 Å². The Morgan fingerprint density at radius 1 is 1.21 bits per heavy atom. The summed E-state index contributed by atoms with van der Waals surface area (Å²) in [5.41, 5.74) is 7.91. The van der Waals surface area contributed by atoms with Crippen LogP contribution in [0.25, 0.3) is 11.3 Å². The van der Waals surface area contributed by atoms with E-state index >= 15 is 0 Å². The molecule has 5 rings (SSSR count). The molecule has 0 bridgehead atoms. The minimum absolute atomic E-state index is 0.00598. The highest BCUT2D eigenvalue weighted by molar-refractivity contribution is 7.10. The van der Waals surface area contributed by atoms with Gasteiger partial charge in [0.2, 0.25) is 0 Å². The maximum atomic E-state index is 13.6. The van der Waals surface area contributed by atoms with Crippen molar-refractivity contribution in [3.8, 4) is 11.3 Å². The average Bonchev–Trinajstić information content (AvgIpc) is 3.41. The number of carbonyl (C=O) groups excluding carboxylic acids is 1. The molecular formula is C28H35N3OS. The van der Waals surface area contributed by atoms with E-state index in [9.17, 15) is 4.79 Å². The van der Waals surface area contributed by atoms with Gasteiger partial charge in [-0.3, -0.25) is 9.48 Å². The number of amides is 1. The quantitative estimate of drug-likeness (QED) is 0.375. The predicted octanol–water partition coefficient (Wildman–Crippen LogP) is 6.37. The van der Waals surface area contributed by atoms with E-state index in [4.69, 9.17) is 5.10 Å². The van der Waals surface area contributed by atoms with Crippen LogP contribution in [0.5, 0.6) is 0 Å². The second-order valence-electron chi connectivity index (χ2n) is 10.6. The highest BCUT2D eigenvalue weighted by Crippen LogP contribution is 2.44. The van der Waals surface area contributed by atoms with Gasteiger partial charge in [0.15, 0.2) is 5.69 Å². The van der Waals surface area contributed by atoms with Crippen molar-refractivity contribution in [2.75, 3.05) is 0 Å². The number of hydrogen-bond acceptors (Lipinski definition) is 3. The smallest absolute Gasteiger partial charge is 0.272 e. The van der Waals surface area contributed by atoms with E-state index in [-0.39, 0.29) is 11.9 Å². The first-order valence-electron chi connectivity index (χ1n) is 12.3. The Bertz CT molecular complexity index is 1170. The highest BCUT2D eigenvalue weighted by atomic mass is 32.1. The monoisotopic (exact) mass is 461 g/mol. The molecule has 4 nitrogen and oxygen atoms in total. The number of aromatic nitrogens is 2. The van der Waals surface area contributed by atoms with E-state index in [2.05, 4.69) is 74.3 Å². The summed E-state index contributed by atoms with van der Waals surface area (Å²) in [6, 6.07) is 8.84. The first kappa shape index (κ1) is 22.4. The molecule has 2 aromatic heterocycles. The SMILES string of the molecule is Cc1ccc(Cn2nc(C(=O)NC3C[C@@H](C)CC[C@@H]3C(C)C)c3c2-c2c(C)csc2C3)cc1. The number of nitrogens with zero attached hydrogens (tertiary/aromatic N) is 2. The molecule has 5 heteroatoms. The third kappa shape index (κ3) is 4.16. The van der Waals surface area contributed by atoms with Crippen molar-refractivity contribution in [3.05, 3.63) is 62.5 Å². The number of benzene rings is 1. The van der Waals surface area contributed by atoms with Crippen LogP contribution < -0.4 is 5.32 Å². The molecule has 0 aliphatic heterocycles. The minimum Gasteiger partial charge on any atom is -0.348 e. The summed E-state index contributed by atoms with van der Waals surface area (Å²) >= 11 is 1.80. The maximum absolute atomic E-state index is 13.6. The number of nitrogens with one attached hydrogen (secondary N) is 1. The molecular weight excluding hydrogens is 426 g/mol. The first-order valence-corrected chi connectivity index (χ1v) is 13.2. The largest absolute Gasteiger partial charge is 0.348 e. The molecule has 0 saturated heterocycles. The van der Waals surface area contributed by atoms with E-state index in [0.29, 0.717) is 30.0 Å². The van der Waals surface area contributed by atoms with Crippen molar-refractivity contribution >= 4 is 17.2 Å². The van der Waals surface area contributed by atoms with Gasteiger partial charge in [0.05, 0.1) is 12.2 Å². The molecule has 1 aromatic carbocycles. The highest BCUT2D eigenvalue weighted by Gasteiger charge is 2.36. The van der Waals surface area contributed by atoms with Crippen molar-refractivity contribution in [2.24, 2.45) is 17.8 Å². The molecule has 3 atom stereocenters. The summed E-state index contributed by atoms with van der Waals surface area (Å²) in [5.74, 6) is 1.77. The zero-order valence-electron chi connectivity index (χ0n) is 20.4. The Kier molecular flexibility index (Phi) is 5.94. The molecule has 174 valence electrons. The lowest BCUT2D eigenvalue weighted by molar-refractivity contribution is 0.0861. The van der Waals surface area contributed by atoms with Crippen LogP contribution in [0.4, 0.5) is 0 Å². The summed E-state index contributed by atoms with van der Waals surface area (Å²) in [4.78, 5) is 15.0. The number of fused-ring (bicyclic) bond motifs is 3. The van der Waals surface area contributed by atoms with Gasteiger partial charge in [-0.15, -0.1) is 11.3 Å². The maximum Gasteiger partial charge on any atom is 0.272 e. The van der Waals surface area contributed by atoms with Gasteiger partial charge >= 0.3 is 0 Å². The molecule has 0 radical (unpaired) electrons. The Morgan fingerprint density at radius 2 is 1.97 bits per heavy atom. The fourth-order valence-electron chi connectivity index (χ4n) is 5.82. The summed E-state index contributed by atoms with van der Waals surface area (Å²) in [6.45, 7) is 11.8. The molecule has 33 heavy (non-hydrogen) atoms. The van der Waals surface area contributed by atoms with Crippen LogP contribution in [0.3, 0.4) is 0 Å². The van der Waals surface area contributed by atoms with Gasteiger partial charge in [-0.05, 0) is 60.9 Å². The van der Waals surface area contributed by atoms with Crippen molar-refractivity contribution in [1.29, 1.82) is 0 Å². The van der Waals surface area contributed by atoms with E-state index in [1.54, 1.807) is 11.3 Å². The Hall–Kier alpha value is -2.40. The average molecular weight is 462 g/mol. The minimum atomic E-state index is 0.00598. The summed E-state index contributed by atoms with van der Waals surface area (Å²) in [5, 5.41) is 10.6. The second kappa shape index (κ2) is 8.75. The van der Waals surface area contributed by atoms with Gasteiger partial charge in [0, 0.05) is 28.5 Å². The third-order valence-electron chi connectivity index (χ3n) is 7.68. The lowest BCUT2D eigenvalue weighted by Crippen LogP contribution is -2.45. The molecule has 1 unspecified atom stereocenters.